The minimum atomic E-state index is -3.96. The van der Waals surface area contributed by atoms with Gasteiger partial charge in [-0.25, -0.2) is 27.2 Å². The van der Waals surface area contributed by atoms with Gasteiger partial charge in [-0.15, -0.1) is 0 Å². The highest BCUT2D eigenvalue weighted by Gasteiger charge is 2.25. The smallest absolute Gasteiger partial charge is 0.278 e. The van der Waals surface area contributed by atoms with Crippen molar-refractivity contribution in [3.63, 3.8) is 0 Å². The predicted molar refractivity (Wildman–Crippen MR) is 155 cm³/mol. The molecule has 0 bridgehead atoms. The number of nitrogens with zero attached hydrogens (tertiary/aromatic N) is 4. The van der Waals surface area contributed by atoms with Gasteiger partial charge in [-0.1, -0.05) is 36.4 Å². The van der Waals surface area contributed by atoms with Crippen LogP contribution in [0.1, 0.15) is 44.0 Å². The van der Waals surface area contributed by atoms with Gasteiger partial charge in [0.15, 0.2) is 5.65 Å². The van der Waals surface area contributed by atoms with Crippen LogP contribution in [0.4, 0.5) is 20.4 Å². The number of piperidine rings is 1. The number of hydrogen-bond donors (Lipinski definition) is 3. The number of benzene rings is 2. The normalized spacial score (nSPS) is 18.4. The van der Waals surface area contributed by atoms with Gasteiger partial charge >= 0.3 is 0 Å². The number of sulfonamides is 1. The van der Waals surface area contributed by atoms with E-state index in [0.29, 0.717) is 30.6 Å². The molecule has 1 saturated heterocycles. The Morgan fingerprint density at radius 2 is 1.83 bits per heavy atom. The first-order chi connectivity index (χ1) is 19.5. The first-order valence-electron chi connectivity index (χ1n) is 13.3. The van der Waals surface area contributed by atoms with E-state index in [1.54, 1.807) is 30.3 Å². The fraction of sp³-hybridized carbons (Fsp3) is 0.357. The summed E-state index contributed by atoms with van der Waals surface area (Å²) in [6.07, 6.45) is 0.791. The van der Waals surface area contributed by atoms with Crippen molar-refractivity contribution in [3.8, 4) is 11.3 Å². The van der Waals surface area contributed by atoms with Gasteiger partial charge in [0.05, 0.1) is 11.9 Å². The Morgan fingerprint density at radius 1 is 1.07 bits per heavy atom. The summed E-state index contributed by atoms with van der Waals surface area (Å²) in [5.74, 6) is -0.610. The molecule has 0 radical (unpaired) electrons. The monoisotopic (exact) mass is 583 g/mol. The maximum Gasteiger partial charge on any atom is 0.278 e. The van der Waals surface area contributed by atoms with Crippen LogP contribution in [0.3, 0.4) is 0 Å². The van der Waals surface area contributed by atoms with Gasteiger partial charge in [0.1, 0.15) is 28.4 Å². The Hall–Kier alpha value is -3.97. The molecule has 0 amide bonds. The first kappa shape index (κ1) is 28.6. The van der Waals surface area contributed by atoms with Crippen molar-refractivity contribution >= 4 is 32.8 Å². The van der Waals surface area contributed by atoms with E-state index in [9.17, 15) is 17.6 Å². The summed E-state index contributed by atoms with van der Waals surface area (Å²) in [5.41, 5.74) is 0.566. The van der Waals surface area contributed by atoms with Crippen LogP contribution in [0.25, 0.3) is 22.4 Å². The molecule has 1 aliphatic rings. The van der Waals surface area contributed by atoms with Crippen molar-refractivity contribution in [1.82, 2.24) is 24.8 Å². The van der Waals surface area contributed by atoms with Crippen LogP contribution in [-0.4, -0.2) is 53.2 Å². The molecule has 10 nitrogen and oxygen atoms in total. The first-order valence-corrected chi connectivity index (χ1v) is 14.8. The molecular weight excluding hydrogens is 552 g/mol. The van der Waals surface area contributed by atoms with Gasteiger partial charge < -0.3 is 10.6 Å². The summed E-state index contributed by atoms with van der Waals surface area (Å²) >= 11 is 0. The fourth-order valence-electron chi connectivity index (χ4n) is 4.81. The number of halogens is 2. The van der Waals surface area contributed by atoms with Crippen molar-refractivity contribution in [1.29, 1.82) is 0 Å². The fourth-order valence-corrected chi connectivity index (χ4v) is 5.97. The molecule has 4 aromatic rings. The second-order valence-electron chi connectivity index (χ2n) is 10.4. The van der Waals surface area contributed by atoms with Crippen molar-refractivity contribution in [3.05, 3.63) is 76.5 Å². The number of aromatic nitrogens is 4. The lowest BCUT2D eigenvalue weighted by atomic mass is 10.1. The van der Waals surface area contributed by atoms with Gasteiger partial charge in [-0.2, -0.15) is 4.98 Å². The van der Waals surface area contributed by atoms with Crippen LogP contribution in [0.15, 0.2) is 59.5 Å². The largest absolute Gasteiger partial charge is 0.350 e. The molecule has 2 aromatic carbocycles. The molecule has 3 heterocycles. The van der Waals surface area contributed by atoms with Crippen molar-refractivity contribution in [2.24, 2.45) is 0 Å². The number of nitrogens with one attached hydrogen (secondary N) is 3. The van der Waals surface area contributed by atoms with Crippen LogP contribution >= 0.6 is 0 Å². The highest BCUT2D eigenvalue weighted by Crippen LogP contribution is 2.28. The summed E-state index contributed by atoms with van der Waals surface area (Å²) in [5, 5.41) is 5.20. The van der Waals surface area contributed by atoms with Crippen molar-refractivity contribution < 1.29 is 17.2 Å². The van der Waals surface area contributed by atoms with Gasteiger partial charge in [0, 0.05) is 37.2 Å². The van der Waals surface area contributed by atoms with E-state index < -0.39 is 32.8 Å². The minimum Gasteiger partial charge on any atom is -0.350 e. The van der Waals surface area contributed by atoms with Gasteiger partial charge in [-0.05, 0) is 38.5 Å². The second-order valence-corrected chi connectivity index (χ2v) is 12.4. The van der Waals surface area contributed by atoms with E-state index in [0.717, 1.165) is 6.07 Å². The van der Waals surface area contributed by atoms with Crippen LogP contribution in [0.2, 0.25) is 0 Å². The van der Waals surface area contributed by atoms with Crippen molar-refractivity contribution in [2.45, 2.75) is 50.7 Å². The molecule has 41 heavy (non-hydrogen) atoms. The van der Waals surface area contributed by atoms with Gasteiger partial charge in [-0.3, -0.25) is 14.1 Å². The molecule has 1 fully saturated rings. The molecule has 13 heteroatoms. The molecule has 216 valence electrons. The third kappa shape index (κ3) is 6.05. The molecule has 0 aliphatic carbocycles. The molecule has 1 aliphatic heterocycles. The van der Waals surface area contributed by atoms with E-state index >= 15 is 4.39 Å². The van der Waals surface area contributed by atoms with Crippen LogP contribution in [-0.2, 0) is 10.0 Å². The summed E-state index contributed by atoms with van der Waals surface area (Å²) in [6.45, 7) is 6.00. The Bertz CT molecular complexity index is 1730. The minimum absolute atomic E-state index is 0.0294. The molecule has 2 aromatic heterocycles. The van der Waals surface area contributed by atoms with Crippen LogP contribution in [0.5, 0.6) is 0 Å². The maximum absolute atomic E-state index is 15.2. The molecular formula is C28H31F2N7O3S. The zero-order valence-electron chi connectivity index (χ0n) is 22.8. The lowest BCUT2D eigenvalue weighted by Crippen LogP contribution is -2.44. The van der Waals surface area contributed by atoms with Gasteiger partial charge in [0.25, 0.3) is 5.56 Å². The summed E-state index contributed by atoms with van der Waals surface area (Å²) in [7, 11) is -3.96. The number of fused-ring (bicyclic) bond motifs is 1. The quantitative estimate of drug-likeness (QED) is 0.282. The highest BCUT2D eigenvalue weighted by molar-refractivity contribution is 7.92. The third-order valence-electron chi connectivity index (χ3n) is 7.01. The number of anilines is 2. The number of hydrogen-bond acceptors (Lipinski definition) is 8. The molecule has 3 N–H and O–H groups in total. The Morgan fingerprint density at radius 3 is 2.51 bits per heavy atom. The van der Waals surface area contributed by atoms with Crippen LogP contribution < -0.4 is 20.9 Å². The average molecular weight is 584 g/mol. The summed E-state index contributed by atoms with van der Waals surface area (Å²) < 4.78 is 58.6. The second kappa shape index (κ2) is 11.5. The number of alkyl halides is 1. The third-order valence-corrected chi connectivity index (χ3v) is 8.71. The molecule has 0 spiro atoms. The molecule has 5 rings (SSSR count). The lowest BCUT2D eigenvalue weighted by molar-refractivity contribution is 0.254. The Labute approximate surface area is 236 Å². The van der Waals surface area contributed by atoms with Gasteiger partial charge in [0.2, 0.25) is 16.0 Å². The Kier molecular flexibility index (Phi) is 8.00. The zero-order valence-corrected chi connectivity index (χ0v) is 23.6. The predicted octanol–water partition coefficient (Wildman–Crippen LogP) is 4.19. The van der Waals surface area contributed by atoms with E-state index in [-0.39, 0.29) is 40.6 Å². The average Bonchev–Trinajstić information content (AvgIpc) is 2.93. The lowest BCUT2D eigenvalue weighted by Gasteiger charge is -2.26. The molecule has 1 unspecified atom stereocenters. The SMILES string of the molecule is CC(C)n1c(=O)c(-c2ccc(NS(=O)(=O)C(C)c3ccccc3)c(F)c2)nc2cnc(N[C@@H]3CNC[C@@H](F)C3)nc21. The van der Waals surface area contributed by atoms with E-state index in [2.05, 4.69) is 30.3 Å². The Balaban J connectivity index is 1.46. The van der Waals surface area contributed by atoms with E-state index in [4.69, 9.17) is 0 Å². The zero-order chi connectivity index (χ0) is 29.3. The molecule has 3 atom stereocenters. The van der Waals surface area contributed by atoms with E-state index in [1.165, 1.54) is 29.8 Å². The molecule has 0 saturated carbocycles. The number of rotatable bonds is 8. The van der Waals surface area contributed by atoms with Crippen LogP contribution in [0, 0.1) is 5.82 Å². The standard InChI is InChI=1S/C28H31F2N7O3S/c1-16(2)37-26-24(15-32-28(35-26)33-21-12-20(29)13-31-14-21)34-25(27(37)38)19-9-10-23(22(30)11-19)36-41(39,40)17(3)18-7-5-4-6-8-18/h4-11,15-17,20-21,31,36H,12-14H2,1-3H3,(H,32,33,35)/t17?,20-,21-/m0/s1. The summed E-state index contributed by atoms with van der Waals surface area (Å²) in [6, 6.07) is 11.9. The maximum atomic E-state index is 15.2. The van der Waals surface area contributed by atoms with E-state index in [1.807, 2.05) is 13.8 Å². The topological polar surface area (TPSA) is 131 Å². The summed E-state index contributed by atoms with van der Waals surface area (Å²) in [4.78, 5) is 26.8. The highest BCUT2D eigenvalue weighted by atomic mass is 32.2. The van der Waals surface area contributed by atoms with Crippen molar-refractivity contribution in [2.75, 3.05) is 23.1 Å².